The Labute approximate surface area is 225 Å². The summed E-state index contributed by atoms with van der Waals surface area (Å²) in [7, 11) is 1.74. The molecule has 3 aromatic carbocycles. The summed E-state index contributed by atoms with van der Waals surface area (Å²) in [6, 6.07) is 13.7. The number of nitrogens with zero attached hydrogens (tertiary/aromatic N) is 4. The molecule has 0 unspecified atom stereocenters. The van der Waals surface area contributed by atoms with Crippen molar-refractivity contribution in [2.45, 2.75) is 18.3 Å². The van der Waals surface area contributed by atoms with Gasteiger partial charge in [-0.05, 0) is 53.1 Å². The highest BCUT2D eigenvalue weighted by Crippen LogP contribution is 2.39. The van der Waals surface area contributed by atoms with Gasteiger partial charge in [0.1, 0.15) is 28.8 Å². The monoisotopic (exact) mass is 553 g/mol. The molecule has 2 aromatic heterocycles. The minimum absolute atomic E-state index is 0.00991. The van der Waals surface area contributed by atoms with Gasteiger partial charge in [-0.25, -0.2) is 9.37 Å². The maximum atomic E-state index is 14.2. The van der Waals surface area contributed by atoms with Crippen molar-refractivity contribution in [3.8, 4) is 34.0 Å². The fourth-order valence-corrected chi connectivity index (χ4v) is 4.71. The standard InChI is InChI=1S/C28H23F4N5O3/c1-37-15-34-36-25(37)21-10-19(29)5-6-20(21)17-3-2-4-18(9-17)26-35-23-8-16(11-33-12-27(38)13-39-14-27)7-22(24(23)40-26)28(30,31)32/h2-10,15,33,38H,11-14H2,1H3. The molecule has 0 spiro atoms. The molecule has 6 rings (SSSR count). The first kappa shape index (κ1) is 26.1. The Hall–Kier alpha value is -4.13. The van der Waals surface area contributed by atoms with Crippen molar-refractivity contribution < 1.29 is 31.8 Å². The van der Waals surface area contributed by atoms with Crippen molar-refractivity contribution in [1.29, 1.82) is 0 Å². The SMILES string of the molecule is Cn1cnnc1-c1cc(F)ccc1-c1cccc(-c2nc3cc(CNCC4(O)COC4)cc(C(F)(F)F)c3o2)c1. The van der Waals surface area contributed by atoms with E-state index < -0.39 is 23.2 Å². The van der Waals surface area contributed by atoms with Crippen LogP contribution < -0.4 is 5.32 Å². The van der Waals surface area contributed by atoms with Gasteiger partial charge in [0.2, 0.25) is 5.89 Å². The Kier molecular flexibility index (Phi) is 6.40. The molecule has 3 heterocycles. The maximum Gasteiger partial charge on any atom is 0.420 e. The Bertz CT molecular complexity index is 1710. The number of ether oxygens (including phenoxy) is 1. The van der Waals surface area contributed by atoms with Gasteiger partial charge in [0.05, 0.1) is 13.2 Å². The lowest BCUT2D eigenvalue weighted by Crippen LogP contribution is -2.56. The minimum atomic E-state index is -4.67. The third-order valence-electron chi connectivity index (χ3n) is 6.73. The highest BCUT2D eigenvalue weighted by Gasteiger charge is 2.37. The zero-order valence-electron chi connectivity index (χ0n) is 21.2. The molecule has 0 atom stereocenters. The van der Waals surface area contributed by atoms with E-state index in [0.717, 1.165) is 6.07 Å². The highest BCUT2D eigenvalue weighted by atomic mass is 19.4. The molecule has 1 aliphatic heterocycles. The summed E-state index contributed by atoms with van der Waals surface area (Å²) in [6.45, 7) is 0.629. The van der Waals surface area contributed by atoms with Crippen LogP contribution in [0.1, 0.15) is 11.1 Å². The molecule has 0 radical (unpaired) electrons. The van der Waals surface area contributed by atoms with Crippen LogP contribution in [-0.4, -0.2) is 50.2 Å². The van der Waals surface area contributed by atoms with Crippen LogP contribution in [0.4, 0.5) is 17.6 Å². The summed E-state index contributed by atoms with van der Waals surface area (Å²) in [6.07, 6.45) is -3.17. The summed E-state index contributed by atoms with van der Waals surface area (Å²) >= 11 is 0. The first-order valence-corrected chi connectivity index (χ1v) is 12.4. The van der Waals surface area contributed by atoms with E-state index in [4.69, 9.17) is 9.15 Å². The summed E-state index contributed by atoms with van der Waals surface area (Å²) < 4.78 is 68.5. The van der Waals surface area contributed by atoms with Gasteiger partial charge < -0.3 is 24.1 Å². The Morgan fingerprint density at radius 3 is 2.55 bits per heavy atom. The molecule has 0 aliphatic carbocycles. The van der Waals surface area contributed by atoms with E-state index in [9.17, 15) is 22.7 Å². The van der Waals surface area contributed by atoms with E-state index in [2.05, 4.69) is 20.5 Å². The highest BCUT2D eigenvalue weighted by molar-refractivity contribution is 5.84. The average Bonchev–Trinajstić information content (AvgIpc) is 3.53. The van der Waals surface area contributed by atoms with Gasteiger partial charge in [-0.3, -0.25) is 0 Å². The van der Waals surface area contributed by atoms with Crippen LogP contribution in [0.15, 0.2) is 65.3 Å². The number of aryl methyl sites for hydroxylation is 1. The second-order valence-corrected chi connectivity index (χ2v) is 9.87. The van der Waals surface area contributed by atoms with E-state index in [1.54, 1.807) is 41.9 Å². The predicted octanol–water partition coefficient (Wildman–Crippen LogP) is 4.97. The van der Waals surface area contributed by atoms with Crippen molar-refractivity contribution >= 4 is 11.1 Å². The first-order chi connectivity index (χ1) is 19.1. The Morgan fingerprint density at radius 2 is 1.85 bits per heavy atom. The number of fused-ring (bicyclic) bond motifs is 1. The molecular weight excluding hydrogens is 530 g/mol. The Balaban J connectivity index is 1.37. The van der Waals surface area contributed by atoms with Crippen molar-refractivity contribution in [3.05, 3.63) is 77.9 Å². The molecule has 0 bridgehead atoms. The van der Waals surface area contributed by atoms with E-state index in [0.29, 0.717) is 33.6 Å². The van der Waals surface area contributed by atoms with Crippen molar-refractivity contribution in [3.63, 3.8) is 0 Å². The zero-order valence-corrected chi connectivity index (χ0v) is 21.2. The molecule has 1 saturated heterocycles. The second kappa shape index (κ2) is 9.81. The van der Waals surface area contributed by atoms with Gasteiger partial charge in [0.15, 0.2) is 11.4 Å². The molecule has 12 heteroatoms. The van der Waals surface area contributed by atoms with Crippen LogP contribution in [0.25, 0.3) is 45.1 Å². The van der Waals surface area contributed by atoms with E-state index in [1.165, 1.54) is 24.5 Å². The lowest BCUT2D eigenvalue weighted by Gasteiger charge is -2.36. The molecule has 0 saturated carbocycles. The van der Waals surface area contributed by atoms with Gasteiger partial charge in [0.25, 0.3) is 0 Å². The summed E-state index contributed by atoms with van der Waals surface area (Å²) in [5.41, 5.74) is 0.340. The van der Waals surface area contributed by atoms with Crippen LogP contribution in [0.5, 0.6) is 0 Å². The molecule has 206 valence electrons. The fraction of sp³-hybridized carbons (Fsp3) is 0.250. The molecule has 1 fully saturated rings. The Morgan fingerprint density at radius 1 is 1.05 bits per heavy atom. The van der Waals surface area contributed by atoms with E-state index in [1.807, 2.05) is 0 Å². The zero-order chi connectivity index (χ0) is 28.1. The maximum absolute atomic E-state index is 14.2. The van der Waals surface area contributed by atoms with Crippen molar-refractivity contribution in [2.24, 2.45) is 7.05 Å². The third-order valence-corrected chi connectivity index (χ3v) is 6.73. The van der Waals surface area contributed by atoms with Crippen LogP contribution in [0, 0.1) is 5.82 Å². The molecule has 2 N–H and O–H groups in total. The predicted molar refractivity (Wildman–Crippen MR) is 137 cm³/mol. The average molecular weight is 554 g/mol. The minimum Gasteiger partial charge on any atom is -0.435 e. The van der Waals surface area contributed by atoms with Crippen LogP contribution >= 0.6 is 0 Å². The first-order valence-electron chi connectivity index (χ1n) is 12.4. The third kappa shape index (κ3) is 4.96. The molecular formula is C28H23F4N5O3. The quantitative estimate of drug-likeness (QED) is 0.275. The molecule has 1 aliphatic rings. The number of oxazole rings is 1. The molecule has 0 amide bonds. The van der Waals surface area contributed by atoms with Gasteiger partial charge in [-0.2, -0.15) is 13.2 Å². The van der Waals surface area contributed by atoms with Gasteiger partial charge >= 0.3 is 6.18 Å². The fourth-order valence-electron chi connectivity index (χ4n) is 4.71. The lowest BCUT2D eigenvalue weighted by molar-refractivity contribution is -0.174. The van der Waals surface area contributed by atoms with Gasteiger partial charge in [0, 0.05) is 31.3 Å². The molecule has 5 aromatic rings. The van der Waals surface area contributed by atoms with E-state index in [-0.39, 0.29) is 43.3 Å². The number of hydrogen-bond donors (Lipinski definition) is 2. The van der Waals surface area contributed by atoms with Crippen LogP contribution in [-0.2, 0) is 24.5 Å². The van der Waals surface area contributed by atoms with Gasteiger partial charge in [-0.15, -0.1) is 10.2 Å². The number of alkyl halides is 3. The molecule has 8 nitrogen and oxygen atoms in total. The van der Waals surface area contributed by atoms with Crippen LogP contribution in [0.2, 0.25) is 0 Å². The van der Waals surface area contributed by atoms with Gasteiger partial charge in [-0.1, -0.05) is 18.2 Å². The number of aromatic nitrogens is 4. The largest absolute Gasteiger partial charge is 0.435 e. The summed E-state index contributed by atoms with van der Waals surface area (Å²) in [5, 5.41) is 21.1. The number of nitrogens with one attached hydrogen (secondary N) is 1. The number of halogens is 4. The molecule has 40 heavy (non-hydrogen) atoms. The van der Waals surface area contributed by atoms with E-state index >= 15 is 0 Å². The normalized spacial score (nSPS) is 14.9. The topological polar surface area (TPSA) is 98.2 Å². The summed E-state index contributed by atoms with van der Waals surface area (Å²) in [4.78, 5) is 4.39. The number of benzene rings is 3. The smallest absolute Gasteiger partial charge is 0.420 e. The lowest BCUT2D eigenvalue weighted by atomic mass is 9.97. The van der Waals surface area contributed by atoms with Crippen molar-refractivity contribution in [2.75, 3.05) is 19.8 Å². The number of rotatable bonds is 7. The number of aliphatic hydroxyl groups is 1. The summed E-state index contributed by atoms with van der Waals surface area (Å²) in [5.74, 6) is 0.0161. The van der Waals surface area contributed by atoms with Crippen LogP contribution in [0.3, 0.4) is 0 Å². The second-order valence-electron chi connectivity index (χ2n) is 9.87. The number of hydrogen-bond acceptors (Lipinski definition) is 7. The van der Waals surface area contributed by atoms with Crippen molar-refractivity contribution in [1.82, 2.24) is 25.1 Å².